The molecule has 3 rings (SSSR count). The van der Waals surface area contributed by atoms with Crippen LogP contribution in [0.15, 0.2) is 11.6 Å². The second-order valence-electron chi connectivity index (χ2n) is 5.14. The van der Waals surface area contributed by atoms with Gasteiger partial charge >= 0.3 is 5.69 Å². The van der Waals surface area contributed by atoms with E-state index in [1.807, 2.05) is 12.3 Å². The van der Waals surface area contributed by atoms with Gasteiger partial charge in [0.2, 0.25) is 5.82 Å². The molecule has 0 amide bonds. The fraction of sp³-hybridized carbons (Fsp3) is 0.538. The number of aryl methyl sites for hydroxylation is 2. The maximum Gasteiger partial charge on any atom is 0.334 e. The number of aromatic nitrogens is 3. The maximum atomic E-state index is 11.4. The summed E-state index contributed by atoms with van der Waals surface area (Å²) in [4.78, 5) is 19.7. The first-order chi connectivity index (χ1) is 10.6. The lowest BCUT2D eigenvalue weighted by Gasteiger charge is -2.35. The summed E-state index contributed by atoms with van der Waals surface area (Å²) in [5.74, 6) is 0.612. The molecule has 0 atom stereocenters. The van der Waals surface area contributed by atoms with Gasteiger partial charge in [-0.05, 0) is 6.42 Å². The third-order valence-electron chi connectivity index (χ3n) is 3.85. The molecule has 1 fully saturated rings. The van der Waals surface area contributed by atoms with Crippen LogP contribution in [0.25, 0.3) is 0 Å². The van der Waals surface area contributed by atoms with Crippen molar-refractivity contribution < 1.29 is 4.92 Å². The second-order valence-corrected chi connectivity index (χ2v) is 6.01. The molecule has 0 aliphatic carbocycles. The number of hydrogen-bond donors (Lipinski definition) is 0. The van der Waals surface area contributed by atoms with E-state index in [0.717, 1.165) is 31.3 Å². The van der Waals surface area contributed by atoms with Crippen LogP contribution in [-0.4, -0.2) is 45.9 Å². The van der Waals surface area contributed by atoms with Crippen LogP contribution < -0.4 is 9.80 Å². The molecule has 9 heteroatoms. The first-order valence-corrected chi connectivity index (χ1v) is 8.09. The predicted molar refractivity (Wildman–Crippen MR) is 85.8 cm³/mol. The molecule has 1 saturated heterocycles. The van der Waals surface area contributed by atoms with Crippen molar-refractivity contribution >= 4 is 28.0 Å². The average molecular weight is 322 g/mol. The largest absolute Gasteiger partial charge is 0.348 e. The van der Waals surface area contributed by atoms with Gasteiger partial charge in [0, 0.05) is 44.8 Å². The van der Waals surface area contributed by atoms with Gasteiger partial charge in [0.25, 0.3) is 0 Å². The summed E-state index contributed by atoms with van der Waals surface area (Å²) < 4.78 is 1.63. The van der Waals surface area contributed by atoms with Crippen molar-refractivity contribution in [2.75, 3.05) is 36.0 Å². The Hall–Kier alpha value is -2.16. The van der Waals surface area contributed by atoms with Gasteiger partial charge in [0.1, 0.15) is 5.69 Å². The molecule has 2 aromatic heterocycles. The van der Waals surface area contributed by atoms with E-state index in [1.165, 1.54) is 0 Å². The number of hydrogen-bond acceptors (Lipinski definition) is 7. The second kappa shape index (κ2) is 5.91. The van der Waals surface area contributed by atoms with Gasteiger partial charge in [0.05, 0.1) is 4.92 Å². The molecule has 0 saturated carbocycles. The molecular weight excluding hydrogens is 304 g/mol. The summed E-state index contributed by atoms with van der Waals surface area (Å²) >= 11 is 1.62. The Kier molecular flexibility index (Phi) is 3.97. The lowest BCUT2D eigenvalue weighted by Crippen LogP contribution is -2.47. The minimum Gasteiger partial charge on any atom is -0.348 e. The first kappa shape index (κ1) is 14.8. The molecule has 0 unspecified atom stereocenters. The molecular formula is C13H18N6O2S. The van der Waals surface area contributed by atoms with Crippen molar-refractivity contribution in [3.63, 3.8) is 0 Å². The van der Waals surface area contributed by atoms with E-state index in [-0.39, 0.29) is 10.6 Å². The smallest absolute Gasteiger partial charge is 0.334 e. The zero-order valence-electron chi connectivity index (χ0n) is 12.6. The summed E-state index contributed by atoms with van der Waals surface area (Å²) in [5, 5.41) is 18.7. The van der Waals surface area contributed by atoms with Crippen LogP contribution in [-0.2, 0) is 13.5 Å². The van der Waals surface area contributed by atoms with Gasteiger partial charge in [-0.15, -0.1) is 11.3 Å². The monoisotopic (exact) mass is 322 g/mol. The van der Waals surface area contributed by atoms with E-state index >= 15 is 0 Å². The molecule has 22 heavy (non-hydrogen) atoms. The predicted octanol–water partition coefficient (Wildman–Crippen LogP) is 1.67. The number of anilines is 2. The van der Waals surface area contributed by atoms with Gasteiger partial charge in [-0.1, -0.05) is 6.92 Å². The van der Waals surface area contributed by atoms with Gasteiger partial charge in [-0.25, -0.2) is 9.67 Å². The summed E-state index contributed by atoms with van der Waals surface area (Å²) in [7, 11) is 1.77. The molecule has 0 spiro atoms. The molecule has 0 bridgehead atoms. The number of piperazine rings is 1. The Labute approximate surface area is 132 Å². The standard InChI is InChI=1S/C13H18N6O2S/c1-3-10-11(19(20)21)12(16(2)15-10)17-5-7-18(8-6-17)13-14-4-9-22-13/h4,9H,3,5-8H2,1-2H3. The summed E-state index contributed by atoms with van der Waals surface area (Å²) in [6.07, 6.45) is 2.36. The van der Waals surface area contributed by atoms with Crippen LogP contribution in [0.4, 0.5) is 16.6 Å². The Morgan fingerprint density at radius 2 is 2.00 bits per heavy atom. The number of rotatable bonds is 4. The molecule has 2 aromatic rings. The van der Waals surface area contributed by atoms with Gasteiger partial charge < -0.3 is 9.80 Å². The fourth-order valence-electron chi connectivity index (χ4n) is 2.82. The maximum absolute atomic E-state index is 11.4. The molecule has 0 N–H and O–H groups in total. The van der Waals surface area contributed by atoms with Gasteiger partial charge in [0.15, 0.2) is 5.13 Å². The highest BCUT2D eigenvalue weighted by molar-refractivity contribution is 7.13. The van der Waals surface area contributed by atoms with E-state index in [4.69, 9.17) is 0 Å². The van der Waals surface area contributed by atoms with Gasteiger partial charge in [-0.3, -0.25) is 10.1 Å². The van der Waals surface area contributed by atoms with E-state index in [1.54, 1.807) is 29.3 Å². The molecule has 1 aliphatic heterocycles. The molecule has 8 nitrogen and oxygen atoms in total. The first-order valence-electron chi connectivity index (χ1n) is 7.21. The third-order valence-corrected chi connectivity index (χ3v) is 4.68. The van der Waals surface area contributed by atoms with Crippen molar-refractivity contribution in [1.29, 1.82) is 0 Å². The quantitative estimate of drug-likeness (QED) is 0.629. The fourth-order valence-corrected chi connectivity index (χ4v) is 3.52. The highest BCUT2D eigenvalue weighted by Crippen LogP contribution is 2.32. The molecule has 0 radical (unpaired) electrons. The summed E-state index contributed by atoms with van der Waals surface area (Å²) in [6.45, 7) is 4.94. The zero-order valence-corrected chi connectivity index (χ0v) is 13.4. The third kappa shape index (κ3) is 2.52. The number of nitro groups is 1. The zero-order chi connectivity index (χ0) is 15.7. The minimum atomic E-state index is -0.311. The molecule has 0 aromatic carbocycles. The van der Waals surface area contributed by atoms with E-state index in [9.17, 15) is 10.1 Å². The number of thiazole rings is 1. The topological polar surface area (TPSA) is 80.3 Å². The van der Waals surface area contributed by atoms with Crippen molar-refractivity contribution in [3.8, 4) is 0 Å². The van der Waals surface area contributed by atoms with Crippen molar-refractivity contribution in [2.45, 2.75) is 13.3 Å². The normalized spacial score (nSPS) is 15.4. The van der Waals surface area contributed by atoms with Crippen LogP contribution >= 0.6 is 11.3 Å². The van der Waals surface area contributed by atoms with E-state index in [0.29, 0.717) is 17.9 Å². The highest BCUT2D eigenvalue weighted by Gasteiger charge is 2.31. The summed E-state index contributed by atoms with van der Waals surface area (Å²) in [5.41, 5.74) is 0.692. The van der Waals surface area contributed by atoms with Crippen LogP contribution in [0.3, 0.4) is 0 Å². The Bertz CT molecular complexity index is 660. The van der Waals surface area contributed by atoms with E-state index in [2.05, 4.69) is 19.9 Å². The van der Waals surface area contributed by atoms with Crippen molar-refractivity contribution in [3.05, 3.63) is 27.4 Å². The summed E-state index contributed by atoms with van der Waals surface area (Å²) in [6, 6.07) is 0. The Morgan fingerprint density at radius 3 is 2.55 bits per heavy atom. The lowest BCUT2D eigenvalue weighted by atomic mass is 10.2. The van der Waals surface area contributed by atoms with Crippen molar-refractivity contribution in [1.82, 2.24) is 14.8 Å². The minimum absolute atomic E-state index is 0.146. The van der Waals surface area contributed by atoms with Crippen LogP contribution in [0, 0.1) is 10.1 Å². The molecule has 1 aliphatic rings. The SMILES string of the molecule is CCc1nn(C)c(N2CCN(c3nccs3)CC2)c1[N+](=O)[O-]. The lowest BCUT2D eigenvalue weighted by molar-refractivity contribution is -0.384. The van der Waals surface area contributed by atoms with Crippen LogP contribution in [0.1, 0.15) is 12.6 Å². The molecule has 3 heterocycles. The van der Waals surface area contributed by atoms with Crippen LogP contribution in [0.5, 0.6) is 0 Å². The number of nitrogens with zero attached hydrogens (tertiary/aromatic N) is 6. The van der Waals surface area contributed by atoms with Gasteiger partial charge in [-0.2, -0.15) is 5.10 Å². The molecule has 118 valence electrons. The van der Waals surface area contributed by atoms with E-state index < -0.39 is 0 Å². The highest BCUT2D eigenvalue weighted by atomic mass is 32.1. The Balaban J connectivity index is 1.82. The van der Waals surface area contributed by atoms with Crippen LogP contribution in [0.2, 0.25) is 0 Å². The van der Waals surface area contributed by atoms with Crippen molar-refractivity contribution in [2.24, 2.45) is 7.05 Å². The average Bonchev–Trinajstić information content (AvgIpc) is 3.14. The Morgan fingerprint density at radius 1 is 1.32 bits per heavy atom.